The molecule has 0 fully saturated rings. The summed E-state index contributed by atoms with van der Waals surface area (Å²) in [5.41, 5.74) is 10.5. The molecule has 0 amide bonds. The van der Waals surface area contributed by atoms with Gasteiger partial charge in [-0.05, 0) is 79.4 Å². The van der Waals surface area contributed by atoms with Crippen molar-refractivity contribution in [3.8, 4) is 22.4 Å². The van der Waals surface area contributed by atoms with E-state index in [1.165, 1.54) is 16.7 Å². The Morgan fingerprint density at radius 1 is 0.688 bits per heavy atom. The van der Waals surface area contributed by atoms with E-state index >= 15 is 0 Å². The zero-order valence-electron chi connectivity index (χ0n) is 18.3. The summed E-state index contributed by atoms with van der Waals surface area (Å²) in [5.74, 6) is 0. The molecule has 0 aliphatic heterocycles. The Hall–Kier alpha value is -3.98. The second-order valence-corrected chi connectivity index (χ2v) is 8.48. The van der Waals surface area contributed by atoms with Gasteiger partial charge in [0.1, 0.15) is 11.2 Å². The summed E-state index contributed by atoms with van der Waals surface area (Å²) in [4.78, 5) is 9.48. The van der Waals surface area contributed by atoms with Crippen molar-refractivity contribution >= 4 is 32.8 Å². The number of pyridine rings is 2. The van der Waals surface area contributed by atoms with E-state index in [1.807, 2.05) is 31.3 Å². The maximum absolute atomic E-state index is 6.26. The molecule has 0 aliphatic carbocycles. The number of para-hydroxylation sites is 2. The Kier molecular flexibility index (Phi) is 4.12. The molecule has 32 heavy (non-hydrogen) atoms. The molecule has 0 saturated carbocycles. The summed E-state index contributed by atoms with van der Waals surface area (Å²) in [6.07, 6.45) is 1.96. The van der Waals surface area contributed by atoms with Crippen LogP contribution in [0.5, 0.6) is 0 Å². The highest BCUT2D eigenvalue weighted by molar-refractivity contribution is 6.09. The minimum atomic E-state index is 0.880. The molecule has 6 rings (SSSR count). The van der Waals surface area contributed by atoms with Gasteiger partial charge in [-0.2, -0.15) is 0 Å². The molecule has 0 radical (unpaired) electrons. The second-order valence-electron chi connectivity index (χ2n) is 8.48. The third-order valence-electron chi connectivity index (χ3n) is 6.25. The quantitative estimate of drug-likeness (QED) is 0.290. The molecule has 0 spiro atoms. The molecule has 0 N–H and O–H groups in total. The van der Waals surface area contributed by atoms with Gasteiger partial charge in [0.05, 0.1) is 11.2 Å². The molecule has 0 aliphatic rings. The second kappa shape index (κ2) is 7.03. The van der Waals surface area contributed by atoms with E-state index < -0.39 is 0 Å². The van der Waals surface area contributed by atoms with Crippen LogP contribution in [0.2, 0.25) is 0 Å². The molecule has 0 unspecified atom stereocenters. The third-order valence-corrected chi connectivity index (χ3v) is 6.25. The fourth-order valence-corrected chi connectivity index (χ4v) is 4.58. The van der Waals surface area contributed by atoms with Gasteiger partial charge in [-0.15, -0.1) is 0 Å². The van der Waals surface area contributed by atoms with Crippen LogP contribution in [-0.2, 0) is 0 Å². The van der Waals surface area contributed by atoms with Gasteiger partial charge in [0, 0.05) is 33.6 Å². The summed E-state index contributed by atoms with van der Waals surface area (Å²) in [5, 5.41) is 3.39. The summed E-state index contributed by atoms with van der Waals surface area (Å²) < 4.78 is 6.26. The van der Waals surface area contributed by atoms with Crippen molar-refractivity contribution in [2.45, 2.75) is 20.8 Å². The van der Waals surface area contributed by atoms with Gasteiger partial charge < -0.3 is 4.42 Å². The Bertz CT molecular complexity index is 1660. The van der Waals surface area contributed by atoms with E-state index in [0.717, 1.165) is 55.4 Å². The minimum absolute atomic E-state index is 0.880. The Morgan fingerprint density at radius 2 is 1.50 bits per heavy atom. The van der Waals surface area contributed by atoms with Gasteiger partial charge in [0.15, 0.2) is 0 Å². The molecule has 0 atom stereocenters. The number of aryl methyl sites for hydroxylation is 3. The van der Waals surface area contributed by atoms with E-state index in [4.69, 9.17) is 9.40 Å². The van der Waals surface area contributed by atoms with Crippen molar-refractivity contribution in [2.24, 2.45) is 0 Å². The van der Waals surface area contributed by atoms with Crippen molar-refractivity contribution in [1.82, 2.24) is 9.97 Å². The highest BCUT2D eigenvalue weighted by Crippen LogP contribution is 2.37. The lowest BCUT2D eigenvalue weighted by atomic mass is 9.94. The lowest BCUT2D eigenvalue weighted by Gasteiger charge is -2.13. The molecule has 6 aromatic rings. The highest BCUT2D eigenvalue weighted by Gasteiger charge is 2.15. The van der Waals surface area contributed by atoms with Gasteiger partial charge in [0.2, 0.25) is 0 Å². The summed E-state index contributed by atoms with van der Waals surface area (Å²) in [6, 6.07) is 25.3. The Labute approximate surface area is 186 Å². The summed E-state index contributed by atoms with van der Waals surface area (Å²) in [7, 11) is 0. The third kappa shape index (κ3) is 2.89. The van der Waals surface area contributed by atoms with E-state index in [1.54, 1.807) is 0 Å². The zero-order chi connectivity index (χ0) is 21.8. The maximum Gasteiger partial charge on any atom is 0.144 e. The molecular formula is C29H22N2O. The lowest BCUT2D eigenvalue weighted by Crippen LogP contribution is -1.93. The molecule has 0 saturated heterocycles. The molecule has 3 nitrogen and oxygen atoms in total. The first-order valence-electron chi connectivity index (χ1n) is 10.8. The van der Waals surface area contributed by atoms with Crippen LogP contribution in [0.1, 0.15) is 16.8 Å². The average molecular weight is 415 g/mol. The van der Waals surface area contributed by atoms with Crippen LogP contribution in [0.25, 0.3) is 55.2 Å². The summed E-state index contributed by atoms with van der Waals surface area (Å²) >= 11 is 0. The normalized spacial score (nSPS) is 11.6. The number of rotatable bonds is 2. The molecule has 3 aromatic heterocycles. The van der Waals surface area contributed by atoms with Crippen molar-refractivity contribution < 1.29 is 4.42 Å². The molecular weight excluding hydrogens is 392 g/mol. The Balaban J connectivity index is 1.57. The number of benzene rings is 3. The topological polar surface area (TPSA) is 38.9 Å². The molecule has 0 bridgehead atoms. The van der Waals surface area contributed by atoms with Crippen molar-refractivity contribution in [1.29, 1.82) is 0 Å². The van der Waals surface area contributed by atoms with Gasteiger partial charge in [-0.3, -0.25) is 9.97 Å². The van der Waals surface area contributed by atoms with Crippen LogP contribution in [-0.4, -0.2) is 9.97 Å². The SMILES string of the molecule is Cc1ccc2cc(-c3cc(-c4cccc5c4oc4ccccc45)ncc3C)c(C)cc2n1. The maximum atomic E-state index is 6.26. The van der Waals surface area contributed by atoms with Crippen LogP contribution in [0.15, 0.2) is 83.4 Å². The van der Waals surface area contributed by atoms with Crippen molar-refractivity contribution in [2.75, 3.05) is 0 Å². The number of hydrogen-bond donors (Lipinski definition) is 0. The average Bonchev–Trinajstić information content (AvgIpc) is 3.18. The number of hydrogen-bond acceptors (Lipinski definition) is 3. The largest absolute Gasteiger partial charge is 0.455 e. The van der Waals surface area contributed by atoms with Crippen LogP contribution in [0.4, 0.5) is 0 Å². The van der Waals surface area contributed by atoms with E-state index in [9.17, 15) is 0 Å². The van der Waals surface area contributed by atoms with Gasteiger partial charge >= 0.3 is 0 Å². The number of aromatic nitrogens is 2. The smallest absolute Gasteiger partial charge is 0.144 e. The van der Waals surface area contributed by atoms with E-state index in [-0.39, 0.29) is 0 Å². The van der Waals surface area contributed by atoms with Gasteiger partial charge in [0.25, 0.3) is 0 Å². The first kappa shape index (κ1) is 18.8. The molecule has 3 aromatic carbocycles. The predicted octanol–water partition coefficient (Wildman–Crippen LogP) is 7.79. The van der Waals surface area contributed by atoms with Crippen molar-refractivity contribution in [3.05, 3.63) is 95.8 Å². The van der Waals surface area contributed by atoms with E-state index in [0.29, 0.717) is 0 Å². The van der Waals surface area contributed by atoms with Crippen LogP contribution >= 0.6 is 0 Å². The first-order valence-corrected chi connectivity index (χ1v) is 10.8. The predicted molar refractivity (Wildman–Crippen MR) is 132 cm³/mol. The van der Waals surface area contributed by atoms with Crippen LogP contribution < -0.4 is 0 Å². The molecule has 154 valence electrons. The number of nitrogens with zero attached hydrogens (tertiary/aromatic N) is 2. The highest BCUT2D eigenvalue weighted by atomic mass is 16.3. The van der Waals surface area contributed by atoms with Crippen molar-refractivity contribution in [3.63, 3.8) is 0 Å². The van der Waals surface area contributed by atoms with Crippen LogP contribution in [0, 0.1) is 20.8 Å². The fraction of sp³-hybridized carbons (Fsp3) is 0.103. The zero-order valence-corrected chi connectivity index (χ0v) is 18.3. The number of furan rings is 1. The first-order chi connectivity index (χ1) is 15.6. The number of fused-ring (bicyclic) bond motifs is 4. The Morgan fingerprint density at radius 3 is 2.41 bits per heavy atom. The summed E-state index contributed by atoms with van der Waals surface area (Å²) in [6.45, 7) is 6.30. The van der Waals surface area contributed by atoms with Gasteiger partial charge in [-0.1, -0.05) is 36.4 Å². The standard InChI is InChI=1S/C29H22N2O/c1-17-13-26-20(12-11-19(3)31-26)14-24(17)25-15-27(30-16-18(25)2)23-9-6-8-22-21-7-4-5-10-28(21)32-29(22)23/h4-16H,1-3H3. The fourth-order valence-electron chi connectivity index (χ4n) is 4.58. The van der Waals surface area contributed by atoms with E-state index in [2.05, 4.69) is 73.4 Å². The minimum Gasteiger partial charge on any atom is -0.455 e. The monoisotopic (exact) mass is 414 g/mol. The molecule has 3 heteroatoms. The van der Waals surface area contributed by atoms with Gasteiger partial charge in [-0.25, -0.2) is 0 Å². The lowest BCUT2D eigenvalue weighted by molar-refractivity contribution is 0.670. The molecule has 3 heterocycles. The van der Waals surface area contributed by atoms with Crippen LogP contribution in [0.3, 0.4) is 0 Å².